The van der Waals surface area contributed by atoms with Gasteiger partial charge in [-0.3, -0.25) is 0 Å². The van der Waals surface area contributed by atoms with Crippen molar-refractivity contribution in [1.29, 1.82) is 0 Å². The number of anilines is 2. The molecule has 0 aromatic carbocycles. The van der Waals surface area contributed by atoms with E-state index in [4.69, 9.17) is 0 Å². The van der Waals surface area contributed by atoms with E-state index in [-0.39, 0.29) is 0 Å². The molecule has 2 N–H and O–H groups in total. The van der Waals surface area contributed by atoms with E-state index < -0.39 is 0 Å². The van der Waals surface area contributed by atoms with Gasteiger partial charge >= 0.3 is 0 Å². The van der Waals surface area contributed by atoms with E-state index in [1.54, 1.807) is 6.33 Å². The maximum absolute atomic E-state index is 4.22. The monoisotopic (exact) mass is 284 g/mol. The van der Waals surface area contributed by atoms with Gasteiger partial charge in [0.25, 0.3) is 0 Å². The van der Waals surface area contributed by atoms with Crippen LogP contribution in [0.3, 0.4) is 0 Å². The molecule has 4 nitrogen and oxygen atoms in total. The first-order valence-electron chi connectivity index (χ1n) is 5.73. The molecule has 1 heterocycles. The summed E-state index contributed by atoms with van der Waals surface area (Å²) in [5.74, 6) is 2.62. The number of rotatable bonds is 5. The fraction of sp³-hybridized carbons (Fsp3) is 0.636. The first-order valence-corrected chi connectivity index (χ1v) is 6.52. The van der Waals surface area contributed by atoms with Crippen molar-refractivity contribution < 1.29 is 0 Å². The SMILES string of the molecule is CNc1ncnc(NCCC2CCC2)c1Br. The molecule has 0 bridgehead atoms. The molecular formula is C11H17BrN4. The molecule has 0 amide bonds. The third kappa shape index (κ3) is 2.64. The lowest BCUT2D eigenvalue weighted by atomic mass is 9.83. The maximum Gasteiger partial charge on any atom is 0.145 e. The van der Waals surface area contributed by atoms with E-state index in [1.807, 2.05) is 7.05 Å². The summed E-state index contributed by atoms with van der Waals surface area (Å²) in [6, 6.07) is 0. The second-order valence-corrected chi connectivity index (χ2v) is 4.94. The third-order valence-corrected chi connectivity index (χ3v) is 3.85. The molecule has 88 valence electrons. The molecule has 16 heavy (non-hydrogen) atoms. The van der Waals surface area contributed by atoms with Gasteiger partial charge in [0.2, 0.25) is 0 Å². The highest BCUT2D eigenvalue weighted by Gasteiger charge is 2.16. The van der Waals surface area contributed by atoms with Gasteiger partial charge in [-0.1, -0.05) is 19.3 Å². The van der Waals surface area contributed by atoms with Crippen molar-refractivity contribution in [3.8, 4) is 0 Å². The fourth-order valence-corrected chi connectivity index (χ4v) is 2.39. The van der Waals surface area contributed by atoms with Crippen molar-refractivity contribution in [3.05, 3.63) is 10.8 Å². The Labute approximate surface area is 104 Å². The van der Waals surface area contributed by atoms with Crippen molar-refractivity contribution in [2.45, 2.75) is 25.7 Å². The van der Waals surface area contributed by atoms with Crippen LogP contribution < -0.4 is 10.6 Å². The zero-order valence-electron chi connectivity index (χ0n) is 9.46. The van der Waals surface area contributed by atoms with Crippen LogP contribution in [0.25, 0.3) is 0 Å². The van der Waals surface area contributed by atoms with Crippen LogP contribution in [0.5, 0.6) is 0 Å². The molecule has 1 aromatic heterocycles. The molecule has 0 atom stereocenters. The number of halogens is 1. The molecule has 0 aliphatic heterocycles. The predicted octanol–water partition coefficient (Wildman–Crippen LogP) is 2.88. The van der Waals surface area contributed by atoms with Gasteiger partial charge in [0.15, 0.2) is 0 Å². The van der Waals surface area contributed by atoms with Crippen LogP contribution in [0.2, 0.25) is 0 Å². The van der Waals surface area contributed by atoms with Gasteiger partial charge in [-0.15, -0.1) is 0 Å². The highest BCUT2D eigenvalue weighted by atomic mass is 79.9. The average Bonchev–Trinajstić information content (AvgIpc) is 2.24. The maximum atomic E-state index is 4.22. The molecule has 0 spiro atoms. The first-order chi connectivity index (χ1) is 7.81. The predicted molar refractivity (Wildman–Crippen MR) is 69.7 cm³/mol. The summed E-state index contributed by atoms with van der Waals surface area (Å²) in [4.78, 5) is 8.34. The topological polar surface area (TPSA) is 49.8 Å². The zero-order chi connectivity index (χ0) is 11.4. The van der Waals surface area contributed by atoms with Crippen LogP contribution in [0.4, 0.5) is 11.6 Å². The van der Waals surface area contributed by atoms with Crippen LogP contribution in [0.15, 0.2) is 10.8 Å². The van der Waals surface area contributed by atoms with E-state index >= 15 is 0 Å². The lowest BCUT2D eigenvalue weighted by Gasteiger charge is -2.25. The number of hydrogen-bond donors (Lipinski definition) is 2. The second kappa shape index (κ2) is 5.48. The molecule has 1 aromatic rings. The first kappa shape index (κ1) is 11.6. The van der Waals surface area contributed by atoms with E-state index in [9.17, 15) is 0 Å². The molecule has 2 rings (SSSR count). The van der Waals surface area contributed by atoms with Gasteiger partial charge < -0.3 is 10.6 Å². The van der Waals surface area contributed by atoms with Crippen molar-refractivity contribution in [3.63, 3.8) is 0 Å². The summed E-state index contributed by atoms with van der Waals surface area (Å²) in [6.07, 6.45) is 7.02. The van der Waals surface area contributed by atoms with Crippen LogP contribution in [-0.4, -0.2) is 23.6 Å². The van der Waals surface area contributed by atoms with Crippen molar-refractivity contribution in [2.24, 2.45) is 5.92 Å². The van der Waals surface area contributed by atoms with Crippen LogP contribution in [-0.2, 0) is 0 Å². The Morgan fingerprint density at radius 2 is 2.12 bits per heavy atom. The Morgan fingerprint density at radius 1 is 1.38 bits per heavy atom. The van der Waals surface area contributed by atoms with Crippen LogP contribution >= 0.6 is 15.9 Å². The Morgan fingerprint density at radius 3 is 2.75 bits per heavy atom. The number of nitrogens with one attached hydrogen (secondary N) is 2. The second-order valence-electron chi connectivity index (χ2n) is 4.15. The van der Waals surface area contributed by atoms with Gasteiger partial charge in [0.05, 0.1) is 0 Å². The largest absolute Gasteiger partial charge is 0.372 e. The lowest BCUT2D eigenvalue weighted by Crippen LogP contribution is -2.16. The van der Waals surface area contributed by atoms with Crippen molar-refractivity contribution in [1.82, 2.24) is 9.97 Å². The number of nitrogens with zero attached hydrogens (tertiary/aromatic N) is 2. The molecule has 1 aliphatic rings. The number of hydrogen-bond acceptors (Lipinski definition) is 4. The highest BCUT2D eigenvalue weighted by Crippen LogP contribution is 2.30. The molecule has 1 aliphatic carbocycles. The summed E-state index contributed by atoms with van der Waals surface area (Å²) in [5.41, 5.74) is 0. The third-order valence-electron chi connectivity index (χ3n) is 3.10. The van der Waals surface area contributed by atoms with Gasteiger partial charge in [-0.05, 0) is 28.3 Å². The van der Waals surface area contributed by atoms with Crippen LogP contribution in [0, 0.1) is 5.92 Å². The standard InChI is InChI=1S/C11H17BrN4/c1-13-10-9(12)11(16-7-15-10)14-6-5-8-3-2-4-8/h7-8H,2-6H2,1H3,(H2,13,14,15,16). The molecule has 5 heteroatoms. The fourth-order valence-electron chi connectivity index (χ4n) is 1.84. The minimum absolute atomic E-state index is 0.821. The average molecular weight is 285 g/mol. The summed E-state index contributed by atoms with van der Waals surface area (Å²) in [5, 5.41) is 6.37. The molecule has 1 saturated carbocycles. The summed E-state index contributed by atoms with van der Waals surface area (Å²) < 4.78 is 0.908. The Hall–Kier alpha value is -0.840. The highest BCUT2D eigenvalue weighted by molar-refractivity contribution is 9.10. The zero-order valence-corrected chi connectivity index (χ0v) is 11.0. The van der Waals surface area contributed by atoms with Gasteiger partial charge in [-0.25, -0.2) is 9.97 Å². The van der Waals surface area contributed by atoms with E-state index in [1.165, 1.54) is 25.7 Å². The minimum atomic E-state index is 0.821. The Kier molecular flexibility index (Phi) is 3.98. The van der Waals surface area contributed by atoms with E-state index in [2.05, 4.69) is 36.5 Å². The summed E-state index contributed by atoms with van der Waals surface area (Å²) in [7, 11) is 1.85. The van der Waals surface area contributed by atoms with E-state index in [0.717, 1.165) is 28.6 Å². The van der Waals surface area contributed by atoms with Gasteiger partial charge in [-0.2, -0.15) is 0 Å². The quantitative estimate of drug-likeness (QED) is 0.873. The summed E-state index contributed by atoms with van der Waals surface area (Å²) in [6.45, 7) is 0.990. The van der Waals surface area contributed by atoms with Gasteiger partial charge in [0, 0.05) is 13.6 Å². The molecule has 0 radical (unpaired) electrons. The Balaban J connectivity index is 1.87. The molecular weight excluding hydrogens is 268 g/mol. The van der Waals surface area contributed by atoms with Crippen molar-refractivity contribution in [2.75, 3.05) is 24.2 Å². The lowest BCUT2D eigenvalue weighted by molar-refractivity contribution is 0.303. The minimum Gasteiger partial charge on any atom is -0.372 e. The smallest absolute Gasteiger partial charge is 0.145 e. The Bertz CT molecular complexity index is 352. The molecule has 1 fully saturated rings. The summed E-state index contributed by atoms with van der Waals surface area (Å²) >= 11 is 3.49. The van der Waals surface area contributed by atoms with E-state index in [0.29, 0.717) is 0 Å². The van der Waals surface area contributed by atoms with Crippen LogP contribution in [0.1, 0.15) is 25.7 Å². The molecule has 0 unspecified atom stereocenters. The van der Waals surface area contributed by atoms with Gasteiger partial charge in [0.1, 0.15) is 22.4 Å². The normalized spacial score (nSPS) is 15.6. The van der Waals surface area contributed by atoms with Crippen molar-refractivity contribution >= 4 is 27.6 Å². The molecule has 0 saturated heterocycles. The number of aromatic nitrogens is 2.